The predicted molar refractivity (Wildman–Crippen MR) is 152 cm³/mol. The van der Waals surface area contributed by atoms with E-state index in [1.165, 1.54) is 11.1 Å². The Morgan fingerprint density at radius 2 is 1.74 bits per heavy atom. The lowest BCUT2D eigenvalue weighted by Gasteiger charge is -2.39. The molecule has 0 radical (unpaired) electrons. The second kappa shape index (κ2) is 12.0. The summed E-state index contributed by atoms with van der Waals surface area (Å²) in [6, 6.07) is 0. The molecule has 1 fully saturated rings. The molecule has 0 saturated heterocycles. The number of carbonyl (C=O) groups excluding carboxylic acids is 1. The van der Waals surface area contributed by atoms with Crippen molar-refractivity contribution >= 4 is 14.1 Å². The molecule has 0 aromatic heterocycles. The highest BCUT2D eigenvalue weighted by molar-refractivity contribution is 6.74. The largest absolute Gasteiger partial charge is 0.417 e. The highest BCUT2D eigenvalue weighted by atomic mass is 28.4. The van der Waals surface area contributed by atoms with Gasteiger partial charge in [0.15, 0.2) is 8.32 Å². The molecule has 0 aromatic carbocycles. The van der Waals surface area contributed by atoms with Gasteiger partial charge in [0.05, 0.1) is 6.10 Å². The SMILES string of the molecule is C/C1=C/C[C@]2(C)C(=O)C[C@@H]([C@H](C)CO[Si](C)(C)C(C)(C)C)[C@H]2C/C=C(/C)[C@@H](O)CC/C(C)=C/CC1. The van der Waals surface area contributed by atoms with Crippen molar-refractivity contribution < 1.29 is 14.3 Å². The molecule has 0 amide bonds. The van der Waals surface area contributed by atoms with Gasteiger partial charge in [-0.1, -0.05) is 64.0 Å². The van der Waals surface area contributed by atoms with Crippen LogP contribution in [0.15, 0.2) is 34.9 Å². The van der Waals surface area contributed by atoms with Crippen LogP contribution in [0.2, 0.25) is 18.1 Å². The van der Waals surface area contributed by atoms with E-state index >= 15 is 0 Å². The number of Topliss-reactive ketones (excluding diaryl/α,β-unsaturated/α-hetero) is 1. The van der Waals surface area contributed by atoms with Gasteiger partial charge in [0, 0.05) is 18.4 Å². The number of hydrogen-bond acceptors (Lipinski definition) is 3. The lowest BCUT2D eigenvalue weighted by Crippen LogP contribution is -2.42. The molecule has 5 atom stereocenters. The van der Waals surface area contributed by atoms with Crippen molar-refractivity contribution in [2.24, 2.45) is 23.2 Å². The van der Waals surface area contributed by atoms with Crippen LogP contribution in [0.5, 0.6) is 0 Å². The molecule has 0 aromatic rings. The van der Waals surface area contributed by atoms with Crippen molar-refractivity contribution in [3.8, 4) is 0 Å². The summed E-state index contributed by atoms with van der Waals surface area (Å²) in [6.45, 7) is 23.1. The van der Waals surface area contributed by atoms with E-state index in [2.05, 4.69) is 86.7 Å². The smallest absolute Gasteiger partial charge is 0.191 e. The van der Waals surface area contributed by atoms with Crippen LogP contribution in [-0.4, -0.2) is 31.9 Å². The van der Waals surface area contributed by atoms with E-state index in [0.717, 1.165) is 50.7 Å². The number of carbonyl (C=O) groups is 1. The molecule has 4 heteroatoms. The Kier molecular flexibility index (Phi) is 10.4. The Labute approximate surface area is 217 Å². The fraction of sp³-hybridized carbons (Fsp3) is 0.774. The van der Waals surface area contributed by atoms with E-state index in [-0.39, 0.29) is 16.4 Å². The van der Waals surface area contributed by atoms with E-state index in [1.54, 1.807) is 0 Å². The van der Waals surface area contributed by atoms with Crippen LogP contribution in [-0.2, 0) is 9.22 Å². The van der Waals surface area contributed by atoms with Gasteiger partial charge in [0.25, 0.3) is 0 Å². The van der Waals surface area contributed by atoms with E-state index in [9.17, 15) is 9.90 Å². The van der Waals surface area contributed by atoms with Gasteiger partial charge in [-0.25, -0.2) is 0 Å². The monoisotopic (exact) mass is 502 g/mol. The van der Waals surface area contributed by atoms with Crippen molar-refractivity contribution in [2.45, 2.75) is 125 Å². The standard InChI is InChI=1S/C31H54O3Si/c1-22-12-11-13-23(2)18-19-31(8)27(16-15-24(3)28(32)17-14-22)26(20-29(31)33)25(4)21-34-35(9,10)30(5,6)7/h12,15,18,25-28,32H,11,13-14,16-17,19-21H2,1-10H3/b22-12+,23-18-,24-15-/t25-,26+,27-,28+,31+/m1/s1. The van der Waals surface area contributed by atoms with Crippen molar-refractivity contribution in [1.29, 1.82) is 0 Å². The highest BCUT2D eigenvalue weighted by Gasteiger charge is 2.52. The van der Waals surface area contributed by atoms with Gasteiger partial charge in [-0.3, -0.25) is 4.79 Å². The van der Waals surface area contributed by atoms with Gasteiger partial charge in [0.2, 0.25) is 0 Å². The van der Waals surface area contributed by atoms with Crippen LogP contribution in [0, 0.1) is 23.2 Å². The predicted octanol–water partition coefficient (Wildman–Crippen LogP) is 8.41. The summed E-state index contributed by atoms with van der Waals surface area (Å²) >= 11 is 0. The van der Waals surface area contributed by atoms with Gasteiger partial charge in [-0.15, -0.1) is 0 Å². The molecule has 3 nitrogen and oxygen atoms in total. The summed E-state index contributed by atoms with van der Waals surface area (Å²) in [5, 5.41) is 11.0. The molecule has 1 saturated carbocycles. The van der Waals surface area contributed by atoms with Crippen molar-refractivity contribution in [3.63, 3.8) is 0 Å². The first-order valence-electron chi connectivity index (χ1n) is 13.9. The molecule has 0 spiro atoms. The maximum Gasteiger partial charge on any atom is 0.191 e. The third-order valence-electron chi connectivity index (χ3n) is 9.57. The minimum Gasteiger partial charge on any atom is -0.417 e. The summed E-state index contributed by atoms with van der Waals surface area (Å²) in [4.78, 5) is 13.6. The van der Waals surface area contributed by atoms with Crippen LogP contribution in [0.4, 0.5) is 0 Å². The third kappa shape index (κ3) is 7.76. The minimum absolute atomic E-state index is 0.182. The van der Waals surface area contributed by atoms with E-state index in [0.29, 0.717) is 24.0 Å². The molecule has 2 rings (SSSR count). The topological polar surface area (TPSA) is 46.5 Å². The van der Waals surface area contributed by atoms with E-state index < -0.39 is 14.4 Å². The summed E-state index contributed by atoms with van der Waals surface area (Å²) < 4.78 is 6.62. The normalized spacial score (nSPS) is 35.5. The number of allylic oxidation sites excluding steroid dienone is 5. The number of aliphatic hydroxyl groups excluding tert-OH is 1. The van der Waals surface area contributed by atoms with E-state index in [4.69, 9.17) is 4.43 Å². The average Bonchev–Trinajstić information content (AvgIpc) is 3.01. The van der Waals surface area contributed by atoms with Gasteiger partial charge in [-0.2, -0.15) is 0 Å². The zero-order chi connectivity index (χ0) is 26.6. The van der Waals surface area contributed by atoms with Crippen LogP contribution in [0.1, 0.15) is 100 Å². The van der Waals surface area contributed by atoms with Gasteiger partial charge >= 0.3 is 0 Å². The summed E-state index contributed by atoms with van der Waals surface area (Å²) in [5.74, 6) is 1.32. The van der Waals surface area contributed by atoms with Crippen LogP contribution < -0.4 is 0 Å². The summed E-state index contributed by atoms with van der Waals surface area (Å²) in [7, 11) is -1.84. The number of fused-ring (bicyclic) bond motifs is 1. The Hall–Kier alpha value is -0.973. The van der Waals surface area contributed by atoms with Crippen molar-refractivity contribution in [1.82, 2.24) is 0 Å². The van der Waals surface area contributed by atoms with Gasteiger partial charge < -0.3 is 9.53 Å². The zero-order valence-corrected chi connectivity index (χ0v) is 25.5. The van der Waals surface area contributed by atoms with Gasteiger partial charge in [-0.05, 0) is 101 Å². The van der Waals surface area contributed by atoms with Crippen molar-refractivity contribution in [3.05, 3.63) is 34.9 Å². The van der Waals surface area contributed by atoms with Crippen LogP contribution in [0.25, 0.3) is 0 Å². The first-order chi connectivity index (χ1) is 16.1. The number of ketones is 1. The molecule has 0 bridgehead atoms. The first kappa shape index (κ1) is 30.3. The lowest BCUT2D eigenvalue weighted by atomic mass is 9.69. The van der Waals surface area contributed by atoms with Crippen LogP contribution >= 0.6 is 0 Å². The number of hydrogen-bond donors (Lipinski definition) is 1. The Morgan fingerprint density at radius 1 is 1.11 bits per heavy atom. The molecular formula is C31H54O3Si. The quantitative estimate of drug-likeness (QED) is 0.310. The second-order valence-corrected chi connectivity index (χ2v) is 18.3. The molecule has 35 heavy (non-hydrogen) atoms. The lowest BCUT2D eigenvalue weighted by molar-refractivity contribution is -0.126. The fourth-order valence-corrected chi connectivity index (χ4v) is 6.54. The molecule has 0 unspecified atom stereocenters. The number of aliphatic hydroxyl groups is 1. The van der Waals surface area contributed by atoms with Crippen molar-refractivity contribution in [2.75, 3.05) is 6.61 Å². The molecule has 1 N–H and O–H groups in total. The molecule has 0 aliphatic heterocycles. The van der Waals surface area contributed by atoms with Gasteiger partial charge in [0.1, 0.15) is 5.78 Å². The summed E-state index contributed by atoms with van der Waals surface area (Å²) in [6.07, 6.45) is 12.5. The average molecular weight is 503 g/mol. The molecule has 0 heterocycles. The number of rotatable bonds is 4. The highest BCUT2D eigenvalue weighted by Crippen LogP contribution is 2.52. The Balaban J connectivity index is 2.33. The van der Waals surface area contributed by atoms with Crippen LogP contribution in [0.3, 0.4) is 0 Å². The zero-order valence-electron chi connectivity index (χ0n) is 24.5. The Morgan fingerprint density at radius 3 is 2.37 bits per heavy atom. The first-order valence-corrected chi connectivity index (χ1v) is 16.8. The van der Waals surface area contributed by atoms with E-state index in [1.807, 2.05) is 0 Å². The molecule has 2 aliphatic rings. The minimum atomic E-state index is -1.84. The maximum absolute atomic E-state index is 13.6. The summed E-state index contributed by atoms with van der Waals surface area (Å²) in [5.41, 5.74) is 3.42. The second-order valence-electron chi connectivity index (χ2n) is 13.4. The third-order valence-corrected chi connectivity index (χ3v) is 14.1. The molecule has 200 valence electrons. The molecular weight excluding hydrogens is 448 g/mol. The molecule has 2 aliphatic carbocycles. The fourth-order valence-electron chi connectivity index (χ4n) is 5.42. The Bertz CT molecular complexity index is 829. The maximum atomic E-state index is 13.6.